The Labute approximate surface area is 120 Å². The van der Waals surface area contributed by atoms with E-state index in [-0.39, 0.29) is 10.9 Å². The highest BCUT2D eigenvalue weighted by molar-refractivity contribution is 7.89. The van der Waals surface area contributed by atoms with Crippen molar-refractivity contribution >= 4 is 22.1 Å². The van der Waals surface area contributed by atoms with Gasteiger partial charge in [-0.25, -0.2) is 8.42 Å². The molecule has 0 saturated carbocycles. The van der Waals surface area contributed by atoms with E-state index >= 15 is 0 Å². The average molecular weight is 296 g/mol. The highest BCUT2D eigenvalue weighted by Crippen LogP contribution is 2.27. The average Bonchev–Trinajstić information content (AvgIpc) is 2.48. The van der Waals surface area contributed by atoms with Gasteiger partial charge in [0.25, 0.3) is 0 Å². The summed E-state index contributed by atoms with van der Waals surface area (Å²) < 4.78 is 26.9. The van der Waals surface area contributed by atoms with E-state index in [1.165, 1.54) is 0 Å². The minimum absolute atomic E-state index is 0.0986. The van der Waals surface area contributed by atoms with Gasteiger partial charge in [0.2, 0.25) is 16.4 Å². The van der Waals surface area contributed by atoms with Crippen molar-refractivity contribution in [1.29, 1.82) is 0 Å². The molecular weight excluding hydrogens is 276 g/mol. The molecule has 2 rings (SSSR count). The summed E-state index contributed by atoms with van der Waals surface area (Å²) in [7, 11) is -3.44. The Morgan fingerprint density at radius 2 is 2.00 bits per heavy atom. The van der Waals surface area contributed by atoms with Crippen molar-refractivity contribution in [2.24, 2.45) is 0 Å². The number of hydrogen-bond donors (Lipinski definition) is 1. The van der Waals surface area contributed by atoms with Gasteiger partial charge in [0, 0.05) is 18.3 Å². The summed E-state index contributed by atoms with van der Waals surface area (Å²) in [6, 6.07) is 6.39. The van der Waals surface area contributed by atoms with Gasteiger partial charge in [0.1, 0.15) is 0 Å². The van der Waals surface area contributed by atoms with E-state index in [9.17, 15) is 13.2 Å². The summed E-state index contributed by atoms with van der Waals surface area (Å²) in [4.78, 5) is 10.6. The zero-order valence-electron chi connectivity index (χ0n) is 11.6. The van der Waals surface area contributed by atoms with Crippen LogP contribution in [0.5, 0.6) is 0 Å². The molecule has 0 spiro atoms. The van der Waals surface area contributed by atoms with Crippen molar-refractivity contribution in [3.05, 3.63) is 24.3 Å². The summed E-state index contributed by atoms with van der Waals surface area (Å²) >= 11 is 0. The van der Waals surface area contributed by atoms with Crippen LogP contribution in [-0.2, 0) is 14.8 Å². The molecule has 1 saturated heterocycles. The Morgan fingerprint density at radius 3 is 2.60 bits per heavy atom. The number of nitrogens with zero attached hydrogens (tertiary/aromatic N) is 1. The number of piperidine rings is 1. The van der Waals surface area contributed by atoms with E-state index in [1.807, 2.05) is 6.92 Å². The highest BCUT2D eigenvalue weighted by atomic mass is 32.2. The van der Waals surface area contributed by atoms with Crippen molar-refractivity contribution in [3.8, 4) is 0 Å². The summed E-state index contributed by atoms with van der Waals surface area (Å²) in [5.74, 6) is 0. The molecule has 1 aliphatic heterocycles. The molecule has 1 amide bonds. The number of nitrogens with one attached hydrogen (secondary N) is 1. The van der Waals surface area contributed by atoms with Crippen molar-refractivity contribution in [2.75, 3.05) is 11.9 Å². The van der Waals surface area contributed by atoms with E-state index < -0.39 is 10.0 Å². The first-order valence-electron chi connectivity index (χ1n) is 6.91. The second kappa shape index (κ2) is 6.37. The van der Waals surface area contributed by atoms with Crippen molar-refractivity contribution < 1.29 is 13.2 Å². The maximum absolute atomic E-state index is 12.7. The third-order valence-electron chi connectivity index (χ3n) is 3.73. The van der Waals surface area contributed by atoms with Crippen LogP contribution in [0.25, 0.3) is 0 Å². The number of hydrogen-bond acceptors (Lipinski definition) is 3. The van der Waals surface area contributed by atoms with Gasteiger partial charge in [-0.3, -0.25) is 4.79 Å². The molecule has 1 atom stereocenters. The third-order valence-corrected chi connectivity index (χ3v) is 5.70. The van der Waals surface area contributed by atoms with Gasteiger partial charge in [-0.05, 0) is 43.5 Å². The first-order valence-corrected chi connectivity index (χ1v) is 8.35. The van der Waals surface area contributed by atoms with Crippen LogP contribution in [0.1, 0.15) is 32.6 Å². The lowest BCUT2D eigenvalue weighted by molar-refractivity contribution is -0.105. The van der Waals surface area contributed by atoms with Crippen LogP contribution in [0.2, 0.25) is 0 Å². The first kappa shape index (κ1) is 15.0. The smallest absolute Gasteiger partial charge is 0.243 e. The molecule has 0 radical (unpaired) electrons. The fourth-order valence-corrected chi connectivity index (χ4v) is 4.39. The Bertz CT molecular complexity index is 554. The van der Waals surface area contributed by atoms with Gasteiger partial charge in [0.15, 0.2) is 0 Å². The predicted molar refractivity (Wildman–Crippen MR) is 78.0 cm³/mol. The molecule has 1 heterocycles. The number of carbonyl (C=O) groups excluding carboxylic acids is 1. The summed E-state index contributed by atoms with van der Waals surface area (Å²) in [6.45, 7) is 2.62. The fraction of sp³-hybridized carbons (Fsp3) is 0.500. The lowest BCUT2D eigenvalue weighted by atomic mass is 10.0. The Morgan fingerprint density at radius 1 is 1.30 bits per heavy atom. The van der Waals surface area contributed by atoms with E-state index in [2.05, 4.69) is 5.32 Å². The number of anilines is 1. The number of carbonyl (C=O) groups is 1. The number of amides is 1. The number of rotatable bonds is 5. The molecule has 6 heteroatoms. The summed E-state index contributed by atoms with van der Waals surface area (Å²) in [5.41, 5.74) is 0.588. The predicted octanol–water partition coefficient (Wildman–Crippen LogP) is 2.21. The second-order valence-electron chi connectivity index (χ2n) is 4.96. The van der Waals surface area contributed by atoms with Crippen LogP contribution in [-0.4, -0.2) is 31.7 Å². The Hall–Kier alpha value is -1.40. The summed E-state index contributed by atoms with van der Waals surface area (Å²) in [6.07, 6.45) is 4.35. The lowest BCUT2D eigenvalue weighted by Crippen LogP contribution is -2.43. The van der Waals surface area contributed by atoms with Crippen molar-refractivity contribution in [1.82, 2.24) is 4.31 Å². The first-order chi connectivity index (χ1) is 9.59. The molecule has 20 heavy (non-hydrogen) atoms. The molecule has 1 N–H and O–H groups in total. The maximum Gasteiger partial charge on any atom is 0.243 e. The largest absolute Gasteiger partial charge is 0.329 e. The molecule has 0 aromatic heterocycles. The zero-order valence-corrected chi connectivity index (χ0v) is 12.4. The highest BCUT2D eigenvalue weighted by Gasteiger charge is 2.32. The van der Waals surface area contributed by atoms with Crippen LogP contribution >= 0.6 is 0 Å². The van der Waals surface area contributed by atoms with Crippen molar-refractivity contribution in [2.45, 2.75) is 43.5 Å². The molecule has 5 nitrogen and oxygen atoms in total. The topological polar surface area (TPSA) is 66.5 Å². The van der Waals surface area contributed by atoms with E-state index in [0.717, 1.165) is 25.7 Å². The molecule has 1 fully saturated rings. The van der Waals surface area contributed by atoms with Gasteiger partial charge in [-0.15, -0.1) is 0 Å². The van der Waals surface area contributed by atoms with Gasteiger partial charge in [-0.1, -0.05) is 13.3 Å². The van der Waals surface area contributed by atoms with Gasteiger partial charge in [-0.2, -0.15) is 4.31 Å². The zero-order chi connectivity index (χ0) is 14.6. The molecule has 0 bridgehead atoms. The lowest BCUT2D eigenvalue weighted by Gasteiger charge is -2.34. The van der Waals surface area contributed by atoms with Crippen LogP contribution in [0.3, 0.4) is 0 Å². The molecule has 110 valence electrons. The Kier molecular flexibility index (Phi) is 4.77. The van der Waals surface area contributed by atoms with Crippen molar-refractivity contribution in [3.63, 3.8) is 0 Å². The number of benzene rings is 1. The van der Waals surface area contributed by atoms with Crippen LogP contribution < -0.4 is 5.32 Å². The maximum atomic E-state index is 12.7. The SMILES string of the molecule is CCC1CCCCN1S(=O)(=O)c1ccc(NC=O)cc1. The van der Waals surface area contributed by atoms with Gasteiger partial charge in [0.05, 0.1) is 4.90 Å². The standard InChI is InChI=1S/C14H20N2O3S/c1-2-13-5-3-4-10-16(13)20(18,19)14-8-6-12(7-9-14)15-11-17/h6-9,11,13H,2-5,10H2,1H3,(H,15,17). The number of sulfonamides is 1. The van der Waals surface area contributed by atoms with Gasteiger partial charge >= 0.3 is 0 Å². The molecule has 1 unspecified atom stereocenters. The molecule has 1 aromatic carbocycles. The second-order valence-corrected chi connectivity index (χ2v) is 6.85. The molecule has 0 aliphatic carbocycles. The third kappa shape index (κ3) is 3.02. The van der Waals surface area contributed by atoms with Gasteiger partial charge < -0.3 is 5.32 Å². The minimum atomic E-state index is -3.44. The molecule has 1 aromatic rings. The minimum Gasteiger partial charge on any atom is -0.329 e. The monoisotopic (exact) mass is 296 g/mol. The van der Waals surface area contributed by atoms with Crippen LogP contribution in [0, 0.1) is 0 Å². The molecular formula is C14H20N2O3S. The van der Waals surface area contributed by atoms with E-state index in [1.54, 1.807) is 28.6 Å². The van der Waals surface area contributed by atoms with Crippen LogP contribution in [0.15, 0.2) is 29.2 Å². The fourth-order valence-electron chi connectivity index (χ4n) is 2.62. The normalized spacial score (nSPS) is 20.6. The Balaban J connectivity index is 2.26. The summed E-state index contributed by atoms with van der Waals surface area (Å²) in [5, 5.41) is 2.50. The van der Waals surface area contributed by atoms with E-state index in [4.69, 9.17) is 0 Å². The quantitative estimate of drug-likeness (QED) is 0.847. The molecule has 1 aliphatic rings. The van der Waals surface area contributed by atoms with E-state index in [0.29, 0.717) is 18.6 Å². The van der Waals surface area contributed by atoms with Crippen LogP contribution in [0.4, 0.5) is 5.69 Å².